The zero-order valence-electron chi connectivity index (χ0n) is 8.44. The molecule has 0 bridgehead atoms. The van der Waals surface area contributed by atoms with E-state index in [1.807, 2.05) is 0 Å². The molecule has 0 saturated carbocycles. The van der Waals surface area contributed by atoms with Gasteiger partial charge in [0.05, 0.1) is 5.02 Å². The molecular formula is C10H12ClNO3. The highest BCUT2D eigenvalue weighted by Crippen LogP contribution is 2.28. The summed E-state index contributed by atoms with van der Waals surface area (Å²) in [4.78, 5) is 12.6. The largest absolute Gasteiger partial charge is 0.506 e. The minimum atomic E-state index is -0.957. The van der Waals surface area contributed by atoms with Gasteiger partial charge in [-0.15, -0.1) is 0 Å². The Kier molecular flexibility index (Phi) is 3.55. The van der Waals surface area contributed by atoms with Crippen molar-refractivity contribution in [3.8, 4) is 5.75 Å². The van der Waals surface area contributed by atoms with E-state index in [4.69, 9.17) is 16.7 Å². The van der Waals surface area contributed by atoms with Crippen LogP contribution in [0.1, 0.15) is 11.6 Å². The lowest BCUT2D eigenvalue weighted by Crippen LogP contribution is -2.27. The van der Waals surface area contributed by atoms with Crippen molar-refractivity contribution in [3.05, 3.63) is 28.8 Å². The van der Waals surface area contributed by atoms with Gasteiger partial charge in [0.15, 0.2) is 0 Å². The monoisotopic (exact) mass is 229 g/mol. The first-order valence-corrected chi connectivity index (χ1v) is 4.69. The van der Waals surface area contributed by atoms with E-state index >= 15 is 0 Å². The summed E-state index contributed by atoms with van der Waals surface area (Å²) in [5, 5.41) is 18.4. The molecule has 0 spiro atoms. The number of hydrogen-bond acceptors (Lipinski definition) is 3. The zero-order chi connectivity index (χ0) is 11.6. The number of hydrogen-bond donors (Lipinski definition) is 2. The third-order valence-electron chi connectivity index (χ3n) is 2.04. The van der Waals surface area contributed by atoms with Crippen molar-refractivity contribution in [1.29, 1.82) is 0 Å². The van der Waals surface area contributed by atoms with Crippen molar-refractivity contribution in [3.63, 3.8) is 0 Å². The minimum Gasteiger partial charge on any atom is -0.506 e. The molecule has 0 aromatic heterocycles. The smallest absolute Gasteiger partial charge is 0.325 e. The summed E-state index contributed by atoms with van der Waals surface area (Å²) in [5.74, 6) is -1.01. The van der Waals surface area contributed by atoms with E-state index in [1.54, 1.807) is 25.1 Å². The van der Waals surface area contributed by atoms with Crippen molar-refractivity contribution in [1.82, 2.24) is 4.90 Å². The van der Waals surface area contributed by atoms with Crippen molar-refractivity contribution < 1.29 is 15.0 Å². The van der Waals surface area contributed by atoms with E-state index in [0.29, 0.717) is 5.56 Å². The number of aromatic hydroxyl groups is 1. The van der Waals surface area contributed by atoms with Gasteiger partial charge in [0.25, 0.3) is 0 Å². The van der Waals surface area contributed by atoms with E-state index in [9.17, 15) is 9.90 Å². The lowest BCUT2D eigenvalue weighted by molar-refractivity contribution is -0.142. The van der Waals surface area contributed by atoms with Crippen LogP contribution >= 0.6 is 11.6 Å². The second-order valence-electron chi connectivity index (χ2n) is 3.42. The van der Waals surface area contributed by atoms with Crippen LogP contribution in [0.3, 0.4) is 0 Å². The topological polar surface area (TPSA) is 60.8 Å². The molecule has 0 radical (unpaired) electrons. The molecule has 0 heterocycles. The maximum atomic E-state index is 11.0. The van der Waals surface area contributed by atoms with E-state index < -0.39 is 12.0 Å². The van der Waals surface area contributed by atoms with Crippen molar-refractivity contribution in [2.75, 3.05) is 14.1 Å². The van der Waals surface area contributed by atoms with Crippen LogP contribution in [0.15, 0.2) is 18.2 Å². The summed E-state index contributed by atoms with van der Waals surface area (Å²) in [7, 11) is 3.33. The Morgan fingerprint density at radius 1 is 1.47 bits per heavy atom. The minimum absolute atomic E-state index is 0.0525. The van der Waals surface area contributed by atoms with Gasteiger partial charge in [-0.2, -0.15) is 0 Å². The maximum absolute atomic E-state index is 11.0. The van der Waals surface area contributed by atoms with Gasteiger partial charge in [-0.1, -0.05) is 17.7 Å². The Morgan fingerprint density at radius 3 is 2.47 bits per heavy atom. The van der Waals surface area contributed by atoms with Crippen LogP contribution in [0.25, 0.3) is 0 Å². The Bertz CT molecular complexity index is 379. The summed E-state index contributed by atoms with van der Waals surface area (Å²) in [6.45, 7) is 0. The third kappa shape index (κ3) is 2.61. The number of phenols is 1. The van der Waals surface area contributed by atoms with Gasteiger partial charge in [-0.3, -0.25) is 9.69 Å². The number of nitrogens with zero attached hydrogens (tertiary/aromatic N) is 1. The zero-order valence-corrected chi connectivity index (χ0v) is 9.19. The number of carboxylic acids is 1. The first-order chi connectivity index (χ1) is 6.93. The van der Waals surface area contributed by atoms with Crippen LogP contribution in [0.2, 0.25) is 5.02 Å². The lowest BCUT2D eigenvalue weighted by Gasteiger charge is -2.20. The second kappa shape index (κ2) is 4.51. The normalized spacial score (nSPS) is 12.8. The van der Waals surface area contributed by atoms with Crippen molar-refractivity contribution in [2.24, 2.45) is 0 Å². The summed E-state index contributed by atoms with van der Waals surface area (Å²) in [5.41, 5.74) is 0.537. The maximum Gasteiger partial charge on any atom is 0.325 e. The fourth-order valence-corrected chi connectivity index (χ4v) is 1.54. The number of carboxylic acid groups (broad SMARTS) is 1. The first kappa shape index (κ1) is 11.8. The SMILES string of the molecule is CN(C)C(C(=O)O)c1ccc(O)c(Cl)c1. The van der Waals surface area contributed by atoms with E-state index in [1.165, 1.54) is 12.1 Å². The average Bonchev–Trinajstić information content (AvgIpc) is 2.10. The van der Waals surface area contributed by atoms with E-state index in [-0.39, 0.29) is 10.8 Å². The number of likely N-dealkylation sites (N-methyl/N-ethyl adjacent to an activating group) is 1. The Hall–Kier alpha value is -1.26. The predicted molar refractivity (Wildman–Crippen MR) is 57.2 cm³/mol. The molecule has 2 N–H and O–H groups in total. The molecule has 1 aromatic carbocycles. The number of phenolic OH excluding ortho intramolecular Hbond substituents is 1. The summed E-state index contributed by atoms with van der Waals surface area (Å²) in [6, 6.07) is 3.62. The van der Waals surface area contributed by atoms with E-state index in [0.717, 1.165) is 0 Å². The highest BCUT2D eigenvalue weighted by Gasteiger charge is 2.22. The number of rotatable bonds is 3. The molecule has 1 unspecified atom stereocenters. The van der Waals surface area contributed by atoms with Crippen LogP contribution in [-0.2, 0) is 4.79 Å². The molecule has 0 saturated heterocycles. The highest BCUT2D eigenvalue weighted by molar-refractivity contribution is 6.32. The van der Waals surface area contributed by atoms with Crippen LogP contribution < -0.4 is 0 Å². The number of halogens is 1. The van der Waals surface area contributed by atoms with E-state index in [2.05, 4.69) is 0 Å². The molecule has 82 valence electrons. The Morgan fingerprint density at radius 2 is 2.07 bits per heavy atom. The summed E-state index contributed by atoms with van der Waals surface area (Å²) < 4.78 is 0. The van der Waals surface area contributed by atoms with Gasteiger partial charge in [0.1, 0.15) is 11.8 Å². The molecule has 0 amide bonds. The summed E-state index contributed by atoms with van der Waals surface area (Å²) in [6.07, 6.45) is 0. The molecule has 0 aliphatic heterocycles. The lowest BCUT2D eigenvalue weighted by atomic mass is 10.1. The molecule has 5 heteroatoms. The molecule has 0 fully saturated rings. The molecule has 0 aliphatic rings. The number of aliphatic carboxylic acids is 1. The Labute approximate surface area is 92.7 Å². The fourth-order valence-electron chi connectivity index (χ4n) is 1.35. The molecular weight excluding hydrogens is 218 g/mol. The second-order valence-corrected chi connectivity index (χ2v) is 3.82. The summed E-state index contributed by atoms with van der Waals surface area (Å²) >= 11 is 5.71. The van der Waals surface area contributed by atoms with Gasteiger partial charge >= 0.3 is 5.97 Å². The fraction of sp³-hybridized carbons (Fsp3) is 0.300. The van der Waals surface area contributed by atoms with Gasteiger partial charge in [0.2, 0.25) is 0 Å². The number of benzene rings is 1. The highest BCUT2D eigenvalue weighted by atomic mass is 35.5. The standard InChI is InChI=1S/C10H12ClNO3/c1-12(2)9(10(14)15)6-3-4-8(13)7(11)5-6/h3-5,9,13H,1-2H3,(H,14,15). The Balaban J connectivity index is 3.12. The van der Waals surface area contributed by atoms with Gasteiger partial charge in [-0.05, 0) is 31.8 Å². The molecule has 1 aromatic rings. The quantitative estimate of drug-likeness (QED) is 0.829. The number of carbonyl (C=O) groups is 1. The van der Waals surface area contributed by atoms with Crippen LogP contribution in [0.4, 0.5) is 0 Å². The first-order valence-electron chi connectivity index (χ1n) is 4.31. The molecule has 0 aliphatic carbocycles. The molecule has 4 nitrogen and oxygen atoms in total. The van der Waals surface area contributed by atoms with Gasteiger partial charge in [-0.25, -0.2) is 0 Å². The van der Waals surface area contributed by atoms with Gasteiger partial charge in [0, 0.05) is 0 Å². The molecule has 1 atom stereocenters. The van der Waals surface area contributed by atoms with Crippen molar-refractivity contribution in [2.45, 2.75) is 6.04 Å². The van der Waals surface area contributed by atoms with Crippen LogP contribution in [0, 0.1) is 0 Å². The average molecular weight is 230 g/mol. The van der Waals surface area contributed by atoms with Gasteiger partial charge < -0.3 is 10.2 Å². The molecule has 1 rings (SSSR count). The predicted octanol–water partition coefficient (Wildman–Crippen LogP) is 1.73. The van der Waals surface area contributed by atoms with Crippen LogP contribution in [-0.4, -0.2) is 35.2 Å². The van der Waals surface area contributed by atoms with Crippen LogP contribution in [0.5, 0.6) is 5.75 Å². The molecule has 15 heavy (non-hydrogen) atoms. The third-order valence-corrected chi connectivity index (χ3v) is 2.34. The van der Waals surface area contributed by atoms with Crippen molar-refractivity contribution >= 4 is 17.6 Å².